The quantitative estimate of drug-likeness (QED) is 0.636. The molecule has 0 radical (unpaired) electrons. The van der Waals surface area contributed by atoms with E-state index in [1.807, 2.05) is 19.3 Å². The lowest BCUT2D eigenvalue weighted by Gasteiger charge is -2.27. The molecule has 2 aliphatic rings. The van der Waals surface area contributed by atoms with Gasteiger partial charge in [-0.05, 0) is 49.9 Å². The number of benzene rings is 1. The van der Waals surface area contributed by atoms with Crippen LogP contribution < -0.4 is 5.32 Å². The van der Waals surface area contributed by atoms with Crippen molar-refractivity contribution in [2.24, 2.45) is 5.92 Å². The number of fused-ring (bicyclic) bond motifs is 1. The monoisotopic (exact) mass is 422 g/mol. The summed E-state index contributed by atoms with van der Waals surface area (Å²) in [4.78, 5) is 15.0. The molecule has 1 N–H and O–H groups in total. The Morgan fingerprint density at radius 1 is 1.26 bits per heavy atom. The van der Waals surface area contributed by atoms with Gasteiger partial charge in [0, 0.05) is 62.2 Å². The summed E-state index contributed by atoms with van der Waals surface area (Å²) in [6.07, 6.45) is 7.23. The standard InChI is InChI=1S/C23H27FN6O/c1-2-25-23(31)22-20-15-28(10-9-21(20)30(27-22)13-16-3-4-16)12-17-11-26-29(14-17)19-7-5-18(24)6-8-19/h5-8,11,14,16H,2-4,9-10,12-13,15H2,1H3,(H,25,31). The van der Waals surface area contributed by atoms with Crippen LogP contribution in [0.2, 0.25) is 0 Å². The summed E-state index contributed by atoms with van der Waals surface area (Å²) in [5.41, 5.74) is 4.76. The third-order valence-electron chi connectivity index (χ3n) is 6.03. The number of nitrogens with zero attached hydrogens (tertiary/aromatic N) is 5. The number of halogens is 1. The molecule has 1 aliphatic carbocycles. The highest BCUT2D eigenvalue weighted by Gasteiger charge is 2.30. The predicted molar refractivity (Wildman–Crippen MR) is 114 cm³/mol. The third kappa shape index (κ3) is 4.25. The minimum Gasteiger partial charge on any atom is -0.351 e. The predicted octanol–water partition coefficient (Wildman–Crippen LogP) is 2.93. The van der Waals surface area contributed by atoms with Crippen LogP contribution in [0, 0.1) is 11.7 Å². The second-order valence-corrected chi connectivity index (χ2v) is 8.49. The van der Waals surface area contributed by atoms with E-state index in [2.05, 4.69) is 20.0 Å². The zero-order valence-electron chi connectivity index (χ0n) is 17.7. The van der Waals surface area contributed by atoms with Crippen molar-refractivity contribution in [1.29, 1.82) is 0 Å². The third-order valence-corrected chi connectivity index (χ3v) is 6.03. The average molecular weight is 423 g/mol. The van der Waals surface area contributed by atoms with Crippen LogP contribution in [-0.2, 0) is 26.1 Å². The van der Waals surface area contributed by atoms with Gasteiger partial charge in [0.1, 0.15) is 5.82 Å². The number of carbonyl (C=O) groups is 1. The topological polar surface area (TPSA) is 68.0 Å². The molecule has 0 atom stereocenters. The Hall–Kier alpha value is -3.00. The van der Waals surface area contributed by atoms with Gasteiger partial charge in [0.2, 0.25) is 0 Å². The van der Waals surface area contributed by atoms with Gasteiger partial charge in [0.25, 0.3) is 5.91 Å². The Kier molecular flexibility index (Phi) is 5.31. The lowest BCUT2D eigenvalue weighted by atomic mass is 10.0. The normalized spacial score (nSPS) is 16.3. The van der Waals surface area contributed by atoms with Crippen LogP contribution >= 0.6 is 0 Å². The summed E-state index contributed by atoms with van der Waals surface area (Å²) < 4.78 is 17.0. The van der Waals surface area contributed by atoms with E-state index >= 15 is 0 Å². The van der Waals surface area contributed by atoms with Crippen molar-refractivity contribution in [3.05, 3.63) is 65.0 Å². The van der Waals surface area contributed by atoms with Crippen LogP contribution in [0.3, 0.4) is 0 Å². The Morgan fingerprint density at radius 2 is 2.06 bits per heavy atom. The van der Waals surface area contributed by atoms with Crippen molar-refractivity contribution in [2.45, 2.75) is 45.8 Å². The van der Waals surface area contributed by atoms with E-state index in [0.717, 1.165) is 42.9 Å². The van der Waals surface area contributed by atoms with Crippen LogP contribution in [0.25, 0.3) is 5.69 Å². The van der Waals surface area contributed by atoms with Gasteiger partial charge in [-0.1, -0.05) is 0 Å². The average Bonchev–Trinajstić information content (AvgIpc) is 3.34. The SMILES string of the molecule is CCNC(=O)c1nn(CC2CC2)c2c1CN(Cc1cnn(-c3ccc(F)cc3)c1)CC2. The molecule has 8 heteroatoms. The van der Waals surface area contributed by atoms with Gasteiger partial charge in [-0.25, -0.2) is 9.07 Å². The Bertz CT molecular complexity index is 1080. The largest absolute Gasteiger partial charge is 0.351 e. The Balaban J connectivity index is 1.33. The molecule has 0 unspecified atom stereocenters. The first kappa shape index (κ1) is 19.9. The van der Waals surface area contributed by atoms with Crippen LogP contribution in [0.5, 0.6) is 0 Å². The number of nitrogens with one attached hydrogen (secondary N) is 1. The van der Waals surface area contributed by atoms with Crippen molar-refractivity contribution in [3.8, 4) is 5.69 Å². The number of carbonyl (C=O) groups excluding carboxylic acids is 1. The van der Waals surface area contributed by atoms with Gasteiger partial charge in [0.05, 0.1) is 11.9 Å². The smallest absolute Gasteiger partial charge is 0.272 e. The van der Waals surface area contributed by atoms with Crippen LogP contribution in [0.15, 0.2) is 36.7 Å². The molecule has 0 saturated heterocycles. The number of rotatable bonds is 7. The lowest BCUT2D eigenvalue weighted by molar-refractivity contribution is 0.0947. The van der Waals surface area contributed by atoms with Crippen LogP contribution in [0.1, 0.15) is 47.1 Å². The summed E-state index contributed by atoms with van der Waals surface area (Å²) in [5, 5.41) is 12.1. The van der Waals surface area contributed by atoms with Crippen LogP contribution in [0.4, 0.5) is 4.39 Å². The molecule has 3 aromatic rings. The second-order valence-electron chi connectivity index (χ2n) is 8.49. The van der Waals surface area contributed by atoms with E-state index < -0.39 is 0 Å². The van der Waals surface area contributed by atoms with E-state index in [9.17, 15) is 9.18 Å². The maximum Gasteiger partial charge on any atom is 0.272 e. The van der Waals surface area contributed by atoms with Crippen molar-refractivity contribution in [1.82, 2.24) is 29.8 Å². The first-order valence-electron chi connectivity index (χ1n) is 11.0. The highest BCUT2D eigenvalue weighted by molar-refractivity contribution is 5.94. The molecule has 0 spiro atoms. The minimum absolute atomic E-state index is 0.0840. The number of aromatic nitrogens is 4. The Labute approximate surface area is 180 Å². The van der Waals surface area contributed by atoms with Gasteiger partial charge in [0.15, 0.2) is 5.69 Å². The van der Waals surface area contributed by atoms with Crippen molar-refractivity contribution in [2.75, 3.05) is 13.1 Å². The maximum absolute atomic E-state index is 13.2. The first-order valence-corrected chi connectivity index (χ1v) is 11.0. The Morgan fingerprint density at radius 3 is 2.81 bits per heavy atom. The second kappa shape index (κ2) is 8.26. The molecule has 0 bridgehead atoms. The molecule has 5 rings (SSSR count). The van der Waals surface area contributed by atoms with Gasteiger partial charge in [-0.15, -0.1) is 0 Å². The number of amides is 1. The van der Waals surface area contributed by atoms with E-state index in [0.29, 0.717) is 24.7 Å². The van der Waals surface area contributed by atoms with Gasteiger partial charge in [-0.2, -0.15) is 10.2 Å². The molecule has 7 nitrogen and oxygen atoms in total. The summed E-state index contributed by atoms with van der Waals surface area (Å²) in [7, 11) is 0. The molecule has 162 valence electrons. The van der Waals surface area contributed by atoms with Crippen molar-refractivity contribution < 1.29 is 9.18 Å². The highest BCUT2D eigenvalue weighted by atomic mass is 19.1. The molecule has 1 amide bonds. The molecule has 31 heavy (non-hydrogen) atoms. The van der Waals surface area contributed by atoms with Crippen molar-refractivity contribution in [3.63, 3.8) is 0 Å². The zero-order valence-corrected chi connectivity index (χ0v) is 17.7. The maximum atomic E-state index is 13.2. The van der Waals surface area contributed by atoms with E-state index in [1.165, 1.54) is 30.7 Å². The van der Waals surface area contributed by atoms with E-state index in [-0.39, 0.29) is 11.7 Å². The summed E-state index contributed by atoms with van der Waals surface area (Å²) in [6, 6.07) is 6.30. The molecule has 1 saturated carbocycles. The molecule has 2 aromatic heterocycles. The van der Waals surface area contributed by atoms with E-state index in [1.54, 1.807) is 16.8 Å². The van der Waals surface area contributed by atoms with Gasteiger partial charge >= 0.3 is 0 Å². The summed E-state index contributed by atoms with van der Waals surface area (Å²) in [5.74, 6) is 0.367. The molecule has 1 aliphatic heterocycles. The molecular formula is C23H27FN6O. The van der Waals surface area contributed by atoms with Gasteiger partial charge < -0.3 is 5.32 Å². The number of hydrogen-bond donors (Lipinski definition) is 1. The molecular weight excluding hydrogens is 395 g/mol. The van der Waals surface area contributed by atoms with Crippen molar-refractivity contribution >= 4 is 5.91 Å². The first-order chi connectivity index (χ1) is 15.1. The summed E-state index contributed by atoms with van der Waals surface area (Å²) in [6.45, 7) is 5.80. The molecule has 1 aromatic carbocycles. The zero-order chi connectivity index (χ0) is 21.4. The summed E-state index contributed by atoms with van der Waals surface area (Å²) >= 11 is 0. The molecule has 1 fully saturated rings. The fourth-order valence-electron chi connectivity index (χ4n) is 4.24. The highest BCUT2D eigenvalue weighted by Crippen LogP contribution is 2.33. The minimum atomic E-state index is -0.259. The lowest BCUT2D eigenvalue weighted by Crippen LogP contribution is -2.32. The van der Waals surface area contributed by atoms with Crippen LogP contribution in [-0.4, -0.2) is 43.5 Å². The fraction of sp³-hybridized carbons (Fsp3) is 0.435. The van der Waals surface area contributed by atoms with Gasteiger partial charge in [-0.3, -0.25) is 14.4 Å². The fourth-order valence-corrected chi connectivity index (χ4v) is 4.24. The molecule has 3 heterocycles. The number of hydrogen-bond acceptors (Lipinski definition) is 4. The van der Waals surface area contributed by atoms with E-state index in [4.69, 9.17) is 5.10 Å².